The molecule has 0 fully saturated rings. The second-order valence-electron chi connectivity index (χ2n) is 6.43. The van der Waals surface area contributed by atoms with Gasteiger partial charge in [0.15, 0.2) is 6.61 Å². The number of imide groups is 1. The highest BCUT2D eigenvalue weighted by atomic mass is 32.2. The zero-order valence-corrected chi connectivity index (χ0v) is 15.5. The van der Waals surface area contributed by atoms with Gasteiger partial charge in [-0.15, -0.1) is 9.35 Å². The fourth-order valence-electron chi connectivity index (χ4n) is 1.95. The van der Waals surface area contributed by atoms with Gasteiger partial charge in [-0.25, -0.2) is 0 Å². The smallest absolute Gasteiger partial charge is 0.404 e. The summed E-state index contributed by atoms with van der Waals surface area (Å²) in [5.41, 5.74) is -1.46. The Morgan fingerprint density at radius 2 is 1.59 bits per heavy atom. The van der Waals surface area contributed by atoms with Gasteiger partial charge in [0.2, 0.25) is 0 Å². The Balaban J connectivity index is 2.15. The molecule has 27 heavy (non-hydrogen) atoms. The Kier molecular flexibility index (Phi) is 5.39. The molecule has 0 spiro atoms. The van der Waals surface area contributed by atoms with Crippen LogP contribution in [0, 0.1) is 5.41 Å². The maximum absolute atomic E-state index is 14.1. The maximum atomic E-state index is 14.1. The summed E-state index contributed by atoms with van der Waals surface area (Å²) < 4.78 is 60.3. The first kappa shape index (κ1) is 20.9. The van der Waals surface area contributed by atoms with E-state index in [0.717, 1.165) is 0 Å². The number of carbonyl (C=O) groups excluding carboxylic acids is 3. The minimum Gasteiger partial charge on any atom is -0.458 e. The summed E-state index contributed by atoms with van der Waals surface area (Å²) >= 11 is 0. The number of hydroxylamine groups is 2. The molecule has 0 unspecified atom stereocenters. The van der Waals surface area contributed by atoms with Gasteiger partial charge in [-0.1, -0.05) is 19.1 Å². The number of nitrogens with zero attached hydrogens (tertiary/aromatic N) is 1. The first-order chi connectivity index (χ1) is 12.3. The molecule has 2 rings (SSSR count). The van der Waals surface area contributed by atoms with Gasteiger partial charge >= 0.3 is 21.3 Å². The third-order valence-corrected chi connectivity index (χ3v) is 5.30. The minimum absolute atomic E-state index is 0.183. The molecule has 1 aliphatic rings. The van der Waals surface area contributed by atoms with E-state index >= 15 is 0 Å². The van der Waals surface area contributed by atoms with E-state index in [4.69, 9.17) is 0 Å². The SMILES string of the molecule is CCC(C)(C)C(=O)OCC(F)(F)S(=O)(=O)ON1C(=O)c2ccccc2C1=O. The van der Waals surface area contributed by atoms with Gasteiger partial charge in [-0.2, -0.15) is 17.2 Å². The molecule has 148 valence electrons. The molecule has 0 radical (unpaired) electrons. The Labute approximate surface area is 154 Å². The van der Waals surface area contributed by atoms with Crippen LogP contribution in [0.15, 0.2) is 24.3 Å². The van der Waals surface area contributed by atoms with E-state index in [-0.39, 0.29) is 22.6 Å². The summed E-state index contributed by atoms with van der Waals surface area (Å²) in [6, 6.07) is 5.26. The largest absolute Gasteiger partial charge is 0.458 e. The van der Waals surface area contributed by atoms with Crippen molar-refractivity contribution in [3.8, 4) is 0 Å². The fraction of sp³-hybridized carbons (Fsp3) is 0.438. The lowest BCUT2D eigenvalue weighted by molar-refractivity contribution is -0.160. The normalized spacial score (nSPS) is 15.1. The molecule has 0 atom stereocenters. The number of hydrogen-bond donors (Lipinski definition) is 0. The Morgan fingerprint density at radius 1 is 1.11 bits per heavy atom. The van der Waals surface area contributed by atoms with Crippen LogP contribution in [0.5, 0.6) is 0 Å². The van der Waals surface area contributed by atoms with E-state index in [0.29, 0.717) is 0 Å². The number of amides is 2. The van der Waals surface area contributed by atoms with Crippen LogP contribution in [0.25, 0.3) is 0 Å². The molecule has 1 aromatic rings. The number of halogens is 2. The summed E-state index contributed by atoms with van der Waals surface area (Å²) in [6.45, 7) is 2.69. The first-order valence-electron chi connectivity index (χ1n) is 7.81. The van der Waals surface area contributed by atoms with Crippen LogP contribution in [0.1, 0.15) is 47.9 Å². The summed E-state index contributed by atoms with van der Waals surface area (Å²) in [5, 5.41) is -4.94. The van der Waals surface area contributed by atoms with Crippen molar-refractivity contribution in [3.63, 3.8) is 0 Å². The monoisotopic (exact) mass is 405 g/mol. The predicted octanol–water partition coefficient (Wildman–Crippen LogP) is 2.12. The lowest BCUT2D eigenvalue weighted by Gasteiger charge is -2.23. The maximum Gasteiger partial charge on any atom is 0.404 e. The van der Waals surface area contributed by atoms with E-state index < -0.39 is 45.2 Å². The van der Waals surface area contributed by atoms with E-state index in [1.807, 2.05) is 0 Å². The molecule has 0 bridgehead atoms. The molecule has 0 saturated heterocycles. The second kappa shape index (κ2) is 6.97. The molecule has 1 aromatic carbocycles. The third-order valence-electron chi connectivity index (χ3n) is 4.10. The van der Waals surface area contributed by atoms with Gasteiger partial charge in [0.05, 0.1) is 16.5 Å². The van der Waals surface area contributed by atoms with Crippen LogP contribution in [-0.2, 0) is 23.9 Å². The second-order valence-corrected chi connectivity index (χ2v) is 8.08. The lowest BCUT2D eigenvalue weighted by atomic mass is 9.91. The molecule has 2 amide bonds. The Bertz CT molecular complexity index is 861. The van der Waals surface area contributed by atoms with Gasteiger partial charge in [0.1, 0.15) is 0 Å². The third kappa shape index (κ3) is 3.83. The molecule has 11 heteroatoms. The number of hydrogen-bond acceptors (Lipinski definition) is 7. The van der Waals surface area contributed by atoms with E-state index in [2.05, 4.69) is 9.02 Å². The standard InChI is InChI=1S/C16H17F2NO7S/c1-4-15(2,3)14(22)25-9-16(17,18)27(23,24)26-19-12(20)10-7-5-6-8-11(10)13(19)21/h5-8H,4,9H2,1-3H3. The van der Waals surface area contributed by atoms with Crippen LogP contribution in [0.2, 0.25) is 0 Å². The fourth-order valence-corrected chi connectivity index (χ4v) is 2.59. The van der Waals surface area contributed by atoms with Crippen molar-refractivity contribution in [2.45, 2.75) is 32.4 Å². The summed E-state index contributed by atoms with van der Waals surface area (Å²) in [5.74, 6) is -3.42. The van der Waals surface area contributed by atoms with Crippen LogP contribution >= 0.6 is 0 Å². The molecule has 0 aliphatic carbocycles. The Hall–Kier alpha value is -2.40. The molecule has 0 N–H and O–H groups in total. The van der Waals surface area contributed by atoms with Crippen molar-refractivity contribution in [1.29, 1.82) is 0 Å². The average molecular weight is 405 g/mol. The molecular weight excluding hydrogens is 388 g/mol. The van der Waals surface area contributed by atoms with E-state index in [9.17, 15) is 31.6 Å². The molecular formula is C16H17F2NO7S. The number of benzene rings is 1. The van der Waals surface area contributed by atoms with Crippen molar-refractivity contribution in [1.82, 2.24) is 5.06 Å². The Morgan fingerprint density at radius 3 is 2.04 bits per heavy atom. The molecule has 0 aromatic heterocycles. The highest BCUT2D eigenvalue weighted by Gasteiger charge is 2.52. The van der Waals surface area contributed by atoms with Crippen molar-refractivity contribution in [3.05, 3.63) is 35.4 Å². The average Bonchev–Trinajstić information content (AvgIpc) is 2.84. The highest BCUT2D eigenvalue weighted by molar-refractivity contribution is 7.87. The van der Waals surface area contributed by atoms with Crippen LogP contribution in [0.4, 0.5) is 8.78 Å². The predicted molar refractivity (Wildman–Crippen MR) is 86.9 cm³/mol. The van der Waals surface area contributed by atoms with Crippen LogP contribution in [0.3, 0.4) is 0 Å². The zero-order chi connectivity index (χ0) is 20.6. The topological polar surface area (TPSA) is 107 Å². The van der Waals surface area contributed by atoms with E-state index in [1.165, 1.54) is 38.1 Å². The number of rotatable bonds is 7. The van der Waals surface area contributed by atoms with Crippen molar-refractivity contribution in [2.75, 3.05) is 6.61 Å². The van der Waals surface area contributed by atoms with Crippen LogP contribution in [-0.4, -0.2) is 43.1 Å². The molecule has 0 saturated carbocycles. The van der Waals surface area contributed by atoms with Crippen molar-refractivity contribution >= 4 is 27.9 Å². The summed E-state index contributed by atoms with van der Waals surface area (Å²) in [7, 11) is -5.80. The summed E-state index contributed by atoms with van der Waals surface area (Å²) in [6.07, 6.45) is 0.274. The van der Waals surface area contributed by atoms with Gasteiger partial charge in [-0.3, -0.25) is 14.4 Å². The zero-order valence-electron chi connectivity index (χ0n) is 14.7. The quantitative estimate of drug-likeness (QED) is 0.505. The minimum atomic E-state index is -5.80. The lowest BCUT2D eigenvalue weighted by Crippen LogP contribution is -2.43. The first-order valence-corrected chi connectivity index (χ1v) is 9.22. The number of carbonyl (C=O) groups is 3. The molecule has 1 aliphatic heterocycles. The number of alkyl halides is 2. The van der Waals surface area contributed by atoms with Gasteiger partial charge in [0, 0.05) is 0 Å². The summed E-state index contributed by atoms with van der Waals surface area (Å²) in [4.78, 5) is 35.8. The van der Waals surface area contributed by atoms with Crippen molar-refractivity contribution < 1.29 is 40.6 Å². The van der Waals surface area contributed by atoms with Crippen molar-refractivity contribution in [2.24, 2.45) is 5.41 Å². The molecule has 1 heterocycles. The van der Waals surface area contributed by atoms with Gasteiger partial charge in [0.25, 0.3) is 11.8 Å². The van der Waals surface area contributed by atoms with E-state index in [1.54, 1.807) is 6.92 Å². The van der Waals surface area contributed by atoms with Crippen LogP contribution < -0.4 is 0 Å². The van der Waals surface area contributed by atoms with Gasteiger partial charge in [-0.05, 0) is 32.4 Å². The molecule has 8 nitrogen and oxygen atoms in total. The number of esters is 1. The highest BCUT2D eigenvalue weighted by Crippen LogP contribution is 2.30. The van der Waals surface area contributed by atoms with Gasteiger partial charge < -0.3 is 4.74 Å². The number of fused-ring (bicyclic) bond motifs is 1. The number of ether oxygens (including phenoxy) is 1.